The van der Waals surface area contributed by atoms with Crippen LogP contribution in [0.15, 0.2) is 18.2 Å². The lowest BCUT2D eigenvalue weighted by molar-refractivity contribution is -0.385. The van der Waals surface area contributed by atoms with Gasteiger partial charge in [-0.15, -0.1) is 0 Å². The molecule has 1 amide bonds. The maximum atomic E-state index is 11.7. The summed E-state index contributed by atoms with van der Waals surface area (Å²) in [5.74, 6) is -0.575. The third-order valence-corrected chi connectivity index (χ3v) is 2.96. The summed E-state index contributed by atoms with van der Waals surface area (Å²) in [5, 5.41) is 22.6. The van der Waals surface area contributed by atoms with Crippen molar-refractivity contribution in [2.75, 3.05) is 5.32 Å². The highest BCUT2D eigenvalue weighted by atomic mass is 16.6. The molecule has 0 aliphatic rings. The Morgan fingerprint density at radius 3 is 2.65 bits per heavy atom. The quantitative estimate of drug-likeness (QED) is 0.329. The van der Waals surface area contributed by atoms with E-state index in [4.69, 9.17) is 0 Å². The molecule has 0 bridgehead atoms. The molecule has 1 rings (SSSR count). The SMILES string of the molecule is CCCCCCCC(=O)Nc1ccc(O)c([N+](=O)[O-])c1. The summed E-state index contributed by atoms with van der Waals surface area (Å²) in [6, 6.07) is 3.80. The van der Waals surface area contributed by atoms with Crippen LogP contribution in [0, 0.1) is 10.1 Å². The molecular weight excluding hydrogens is 260 g/mol. The fourth-order valence-electron chi connectivity index (χ4n) is 1.86. The number of aromatic hydroxyl groups is 1. The van der Waals surface area contributed by atoms with Crippen LogP contribution in [-0.2, 0) is 4.79 Å². The maximum Gasteiger partial charge on any atom is 0.312 e. The molecule has 0 fully saturated rings. The van der Waals surface area contributed by atoms with Crippen molar-refractivity contribution >= 4 is 17.3 Å². The van der Waals surface area contributed by atoms with E-state index in [2.05, 4.69) is 12.2 Å². The molecule has 1 aromatic carbocycles. The molecule has 0 saturated heterocycles. The molecule has 0 spiro atoms. The van der Waals surface area contributed by atoms with Crippen LogP contribution in [0.25, 0.3) is 0 Å². The molecule has 6 nitrogen and oxygen atoms in total. The first-order valence-electron chi connectivity index (χ1n) is 6.82. The number of nitrogens with one attached hydrogen (secondary N) is 1. The summed E-state index contributed by atoms with van der Waals surface area (Å²) in [4.78, 5) is 21.6. The zero-order valence-corrected chi connectivity index (χ0v) is 11.6. The Labute approximate surface area is 118 Å². The molecule has 0 saturated carbocycles. The van der Waals surface area contributed by atoms with Crippen molar-refractivity contribution in [3.8, 4) is 5.75 Å². The number of phenolic OH excluding ortho intramolecular Hbond substituents is 1. The Balaban J connectivity index is 2.46. The van der Waals surface area contributed by atoms with Gasteiger partial charge >= 0.3 is 5.69 Å². The van der Waals surface area contributed by atoms with Crippen LogP contribution < -0.4 is 5.32 Å². The second-order valence-electron chi connectivity index (χ2n) is 4.67. The highest BCUT2D eigenvalue weighted by Gasteiger charge is 2.14. The second kappa shape index (κ2) is 8.14. The number of nitro groups is 1. The number of carbonyl (C=O) groups is 1. The van der Waals surface area contributed by atoms with E-state index >= 15 is 0 Å². The number of anilines is 1. The molecule has 0 atom stereocenters. The Morgan fingerprint density at radius 2 is 2.00 bits per heavy atom. The Bertz CT molecular complexity index is 474. The van der Waals surface area contributed by atoms with E-state index in [1.54, 1.807) is 0 Å². The molecule has 0 aromatic heterocycles. The van der Waals surface area contributed by atoms with E-state index in [0.29, 0.717) is 12.1 Å². The van der Waals surface area contributed by atoms with Gasteiger partial charge in [-0.2, -0.15) is 0 Å². The van der Waals surface area contributed by atoms with Crippen LogP contribution in [0.1, 0.15) is 45.4 Å². The maximum absolute atomic E-state index is 11.7. The number of rotatable bonds is 8. The zero-order chi connectivity index (χ0) is 15.0. The summed E-state index contributed by atoms with van der Waals surface area (Å²) >= 11 is 0. The van der Waals surface area contributed by atoms with Gasteiger partial charge in [0.25, 0.3) is 0 Å². The average molecular weight is 280 g/mol. The van der Waals surface area contributed by atoms with Crippen molar-refractivity contribution < 1.29 is 14.8 Å². The van der Waals surface area contributed by atoms with Gasteiger partial charge in [-0.25, -0.2) is 0 Å². The molecule has 0 aliphatic carbocycles. The Morgan fingerprint density at radius 1 is 1.30 bits per heavy atom. The Hall–Kier alpha value is -2.11. The van der Waals surface area contributed by atoms with Gasteiger partial charge in [-0.1, -0.05) is 32.6 Å². The number of hydrogen-bond acceptors (Lipinski definition) is 4. The predicted octanol–water partition coefficient (Wildman–Crippen LogP) is 3.60. The number of benzene rings is 1. The third-order valence-electron chi connectivity index (χ3n) is 2.96. The van der Waals surface area contributed by atoms with Crippen LogP contribution in [0.3, 0.4) is 0 Å². The third kappa shape index (κ3) is 5.26. The molecule has 1 aromatic rings. The van der Waals surface area contributed by atoms with Gasteiger partial charge in [-0.3, -0.25) is 14.9 Å². The van der Waals surface area contributed by atoms with Gasteiger partial charge in [0, 0.05) is 18.2 Å². The fraction of sp³-hybridized carbons (Fsp3) is 0.500. The van der Waals surface area contributed by atoms with Crippen LogP contribution >= 0.6 is 0 Å². The minimum atomic E-state index is -0.685. The van der Waals surface area contributed by atoms with Crippen LogP contribution in [-0.4, -0.2) is 15.9 Å². The molecule has 2 N–H and O–H groups in total. The summed E-state index contributed by atoms with van der Waals surface area (Å²) < 4.78 is 0. The molecular formula is C14H20N2O4. The fourth-order valence-corrected chi connectivity index (χ4v) is 1.86. The summed E-state index contributed by atoms with van der Waals surface area (Å²) in [6.07, 6.45) is 5.67. The largest absolute Gasteiger partial charge is 0.502 e. The first kappa shape index (κ1) is 15.9. The number of nitro benzene ring substituents is 1. The first-order chi connectivity index (χ1) is 9.54. The molecule has 0 radical (unpaired) electrons. The van der Waals surface area contributed by atoms with Crippen molar-refractivity contribution in [2.24, 2.45) is 0 Å². The average Bonchev–Trinajstić information content (AvgIpc) is 2.40. The monoisotopic (exact) mass is 280 g/mol. The number of phenols is 1. The molecule has 6 heteroatoms. The van der Waals surface area contributed by atoms with Crippen molar-refractivity contribution in [3.05, 3.63) is 28.3 Å². The topological polar surface area (TPSA) is 92.5 Å². The summed E-state index contributed by atoms with van der Waals surface area (Å²) in [7, 11) is 0. The van der Waals surface area contributed by atoms with Crippen molar-refractivity contribution in [1.82, 2.24) is 0 Å². The van der Waals surface area contributed by atoms with Gasteiger partial charge in [0.15, 0.2) is 5.75 Å². The smallest absolute Gasteiger partial charge is 0.312 e. The number of hydrogen-bond donors (Lipinski definition) is 2. The van der Waals surface area contributed by atoms with Gasteiger partial charge < -0.3 is 10.4 Å². The predicted molar refractivity (Wildman–Crippen MR) is 76.8 cm³/mol. The van der Waals surface area contributed by atoms with Gasteiger partial charge in [0.05, 0.1) is 4.92 Å². The number of unbranched alkanes of at least 4 members (excludes halogenated alkanes) is 4. The molecule has 110 valence electrons. The van der Waals surface area contributed by atoms with E-state index in [0.717, 1.165) is 31.7 Å². The molecule has 0 unspecified atom stereocenters. The van der Waals surface area contributed by atoms with Crippen molar-refractivity contribution in [3.63, 3.8) is 0 Å². The number of carbonyl (C=O) groups excluding carboxylic acids is 1. The standard InChI is InChI=1S/C14H20N2O4/c1-2-3-4-5-6-7-14(18)15-11-8-9-13(17)12(10-11)16(19)20/h8-10,17H,2-7H2,1H3,(H,15,18). The molecule has 20 heavy (non-hydrogen) atoms. The van der Waals surface area contributed by atoms with Crippen LogP contribution in [0.4, 0.5) is 11.4 Å². The van der Waals surface area contributed by atoms with Gasteiger partial charge in [-0.05, 0) is 18.6 Å². The van der Waals surface area contributed by atoms with Crippen LogP contribution in [0.5, 0.6) is 5.75 Å². The van der Waals surface area contributed by atoms with E-state index in [-0.39, 0.29) is 5.91 Å². The highest BCUT2D eigenvalue weighted by molar-refractivity contribution is 5.91. The summed E-state index contributed by atoms with van der Waals surface area (Å²) in [6.45, 7) is 2.13. The zero-order valence-electron chi connectivity index (χ0n) is 11.6. The lowest BCUT2D eigenvalue weighted by Gasteiger charge is -2.05. The lowest BCUT2D eigenvalue weighted by Crippen LogP contribution is -2.11. The van der Waals surface area contributed by atoms with E-state index < -0.39 is 16.4 Å². The normalized spacial score (nSPS) is 10.2. The van der Waals surface area contributed by atoms with Gasteiger partial charge in [0.1, 0.15) is 0 Å². The van der Waals surface area contributed by atoms with Gasteiger partial charge in [0.2, 0.25) is 5.91 Å². The number of nitrogens with zero attached hydrogens (tertiary/aromatic N) is 1. The summed E-state index contributed by atoms with van der Waals surface area (Å²) in [5.41, 5.74) is -0.0844. The highest BCUT2D eigenvalue weighted by Crippen LogP contribution is 2.28. The van der Waals surface area contributed by atoms with E-state index in [1.807, 2.05) is 0 Å². The van der Waals surface area contributed by atoms with E-state index in [1.165, 1.54) is 18.6 Å². The minimum Gasteiger partial charge on any atom is -0.502 e. The van der Waals surface area contributed by atoms with Crippen molar-refractivity contribution in [1.29, 1.82) is 0 Å². The lowest BCUT2D eigenvalue weighted by atomic mass is 10.1. The van der Waals surface area contributed by atoms with Crippen molar-refractivity contribution in [2.45, 2.75) is 45.4 Å². The molecule has 0 heterocycles. The first-order valence-corrected chi connectivity index (χ1v) is 6.82. The second-order valence-corrected chi connectivity index (χ2v) is 4.67. The van der Waals surface area contributed by atoms with Crippen LogP contribution in [0.2, 0.25) is 0 Å². The Kier molecular flexibility index (Phi) is 6.49. The number of amides is 1. The molecule has 0 aliphatic heterocycles. The van der Waals surface area contributed by atoms with E-state index in [9.17, 15) is 20.0 Å². The minimum absolute atomic E-state index is 0.165.